The van der Waals surface area contributed by atoms with Gasteiger partial charge in [0.1, 0.15) is 11.4 Å². The van der Waals surface area contributed by atoms with Gasteiger partial charge in [-0.1, -0.05) is 11.8 Å². The average molecular weight is 327 g/mol. The second-order valence-corrected chi connectivity index (χ2v) is 8.24. The third-order valence-corrected chi connectivity index (χ3v) is 6.26. The van der Waals surface area contributed by atoms with Gasteiger partial charge in [0.2, 0.25) is 0 Å². The first-order chi connectivity index (χ1) is 10.1. The Morgan fingerprint density at radius 2 is 2.29 bits per heavy atom. The van der Waals surface area contributed by atoms with Crippen molar-refractivity contribution in [2.24, 2.45) is 0 Å². The molecule has 0 aromatic carbocycles. The molecule has 2 aliphatic carbocycles. The third-order valence-electron chi connectivity index (χ3n) is 4.12. The molecule has 2 aliphatic rings. The van der Waals surface area contributed by atoms with Gasteiger partial charge >= 0.3 is 5.97 Å². The molecule has 3 rings (SSSR count). The summed E-state index contributed by atoms with van der Waals surface area (Å²) in [4.78, 5) is 16.8. The minimum absolute atomic E-state index is 0.104. The minimum atomic E-state index is -0.494. The summed E-state index contributed by atoms with van der Waals surface area (Å²) >= 11 is 3.21. The number of methoxy groups -OCH3 is 1. The Labute approximate surface area is 133 Å². The standard InChI is InChI=1S/C14H21N3O2S2/c1-9-15-13(21-17-9)20-11-4-3-7-14(8-11,12(18)19-2)16-10-5-6-10/h10-11,16H,3-8H2,1-2H3. The quantitative estimate of drug-likeness (QED) is 0.839. The zero-order valence-electron chi connectivity index (χ0n) is 12.4. The molecule has 1 heterocycles. The van der Waals surface area contributed by atoms with E-state index in [2.05, 4.69) is 14.7 Å². The molecule has 2 saturated carbocycles. The van der Waals surface area contributed by atoms with E-state index in [0.29, 0.717) is 11.3 Å². The van der Waals surface area contributed by atoms with Crippen LogP contribution in [0.4, 0.5) is 0 Å². The van der Waals surface area contributed by atoms with Crippen molar-refractivity contribution in [2.45, 2.75) is 66.6 Å². The number of carbonyl (C=O) groups is 1. The molecule has 1 aromatic heterocycles. The maximum absolute atomic E-state index is 12.3. The molecule has 0 saturated heterocycles. The molecule has 0 amide bonds. The van der Waals surface area contributed by atoms with Crippen LogP contribution in [-0.2, 0) is 9.53 Å². The predicted molar refractivity (Wildman–Crippen MR) is 83.7 cm³/mol. The van der Waals surface area contributed by atoms with Crippen molar-refractivity contribution in [2.75, 3.05) is 7.11 Å². The molecule has 2 atom stereocenters. The van der Waals surface area contributed by atoms with E-state index in [1.54, 1.807) is 11.8 Å². The van der Waals surface area contributed by atoms with Crippen LogP contribution >= 0.6 is 23.3 Å². The fourth-order valence-corrected chi connectivity index (χ4v) is 5.22. The zero-order chi connectivity index (χ0) is 14.9. The molecule has 2 unspecified atom stereocenters. The summed E-state index contributed by atoms with van der Waals surface area (Å²) in [5, 5.41) is 3.96. The summed E-state index contributed by atoms with van der Waals surface area (Å²) in [5.41, 5.74) is -0.494. The van der Waals surface area contributed by atoms with Crippen molar-refractivity contribution in [1.82, 2.24) is 14.7 Å². The van der Waals surface area contributed by atoms with Crippen LogP contribution in [0.2, 0.25) is 0 Å². The van der Waals surface area contributed by atoms with E-state index in [1.165, 1.54) is 31.5 Å². The van der Waals surface area contributed by atoms with Gasteiger partial charge in [0.25, 0.3) is 0 Å². The number of ether oxygens (including phenoxy) is 1. The molecular formula is C14H21N3O2S2. The highest BCUT2D eigenvalue weighted by atomic mass is 32.2. The number of rotatable bonds is 5. The van der Waals surface area contributed by atoms with Crippen molar-refractivity contribution >= 4 is 29.3 Å². The summed E-state index contributed by atoms with van der Waals surface area (Å²) in [6.45, 7) is 1.91. The van der Waals surface area contributed by atoms with Crippen molar-refractivity contribution < 1.29 is 9.53 Å². The molecule has 116 valence electrons. The first-order valence-corrected chi connectivity index (χ1v) is 9.10. The average Bonchev–Trinajstić information content (AvgIpc) is 3.19. The van der Waals surface area contributed by atoms with Gasteiger partial charge in [0.05, 0.1) is 7.11 Å². The minimum Gasteiger partial charge on any atom is -0.468 e. The molecule has 7 heteroatoms. The van der Waals surface area contributed by atoms with Crippen molar-refractivity contribution in [1.29, 1.82) is 0 Å². The Balaban J connectivity index is 1.70. The Morgan fingerprint density at radius 1 is 1.48 bits per heavy atom. The Hall–Kier alpha value is -0.660. The van der Waals surface area contributed by atoms with Gasteiger partial charge < -0.3 is 4.74 Å². The number of hydrogen-bond donors (Lipinski definition) is 1. The first kappa shape index (κ1) is 15.2. The van der Waals surface area contributed by atoms with Gasteiger partial charge in [0, 0.05) is 11.3 Å². The first-order valence-electron chi connectivity index (χ1n) is 7.44. The SMILES string of the molecule is COC(=O)C1(NC2CC2)CCCC(Sc2nc(C)ns2)C1. The lowest BCUT2D eigenvalue weighted by molar-refractivity contribution is -0.150. The summed E-state index contributed by atoms with van der Waals surface area (Å²) in [7, 11) is 1.49. The normalized spacial score (nSPS) is 29.3. The Bertz CT molecular complexity index is 518. The van der Waals surface area contributed by atoms with Crippen LogP contribution in [-0.4, -0.2) is 39.3 Å². The number of thioether (sulfide) groups is 1. The van der Waals surface area contributed by atoms with Gasteiger partial charge in [-0.25, -0.2) is 4.98 Å². The summed E-state index contributed by atoms with van der Waals surface area (Å²) in [5.74, 6) is 0.724. The highest BCUT2D eigenvalue weighted by molar-refractivity contribution is 8.01. The number of nitrogens with one attached hydrogen (secondary N) is 1. The Kier molecular flexibility index (Phi) is 4.51. The van der Waals surface area contributed by atoms with Gasteiger partial charge in [0.15, 0.2) is 4.34 Å². The van der Waals surface area contributed by atoms with E-state index in [-0.39, 0.29) is 5.97 Å². The molecule has 0 spiro atoms. The molecule has 0 aliphatic heterocycles. The lowest BCUT2D eigenvalue weighted by Crippen LogP contribution is -2.56. The van der Waals surface area contributed by atoms with Crippen molar-refractivity contribution in [3.05, 3.63) is 5.82 Å². The molecular weight excluding hydrogens is 306 g/mol. The number of nitrogens with zero attached hydrogens (tertiary/aromatic N) is 2. The van der Waals surface area contributed by atoms with Gasteiger partial charge in [-0.2, -0.15) is 4.37 Å². The summed E-state index contributed by atoms with van der Waals surface area (Å²) in [6.07, 6.45) is 6.21. The molecule has 21 heavy (non-hydrogen) atoms. The second-order valence-electron chi connectivity index (χ2n) is 5.94. The van der Waals surface area contributed by atoms with E-state index in [1.807, 2.05) is 6.92 Å². The molecule has 1 aromatic rings. The Morgan fingerprint density at radius 3 is 2.90 bits per heavy atom. The van der Waals surface area contributed by atoms with Gasteiger partial charge in [-0.3, -0.25) is 10.1 Å². The summed E-state index contributed by atoms with van der Waals surface area (Å²) < 4.78 is 10.3. The summed E-state index contributed by atoms with van der Waals surface area (Å²) in [6, 6.07) is 0.497. The van der Waals surface area contributed by atoms with Crippen LogP contribution in [0.15, 0.2) is 4.34 Å². The van der Waals surface area contributed by atoms with E-state index >= 15 is 0 Å². The monoisotopic (exact) mass is 327 g/mol. The van der Waals surface area contributed by atoms with E-state index in [0.717, 1.165) is 35.8 Å². The number of hydrogen-bond acceptors (Lipinski definition) is 7. The second kappa shape index (κ2) is 6.22. The van der Waals surface area contributed by atoms with Gasteiger partial charge in [-0.05, 0) is 57.0 Å². The lowest BCUT2D eigenvalue weighted by Gasteiger charge is -2.39. The third kappa shape index (κ3) is 3.57. The predicted octanol–water partition coefficient (Wildman–Crippen LogP) is 2.55. The number of esters is 1. The highest BCUT2D eigenvalue weighted by Gasteiger charge is 2.46. The maximum atomic E-state index is 12.3. The fourth-order valence-electron chi connectivity index (χ4n) is 2.98. The molecule has 5 nitrogen and oxygen atoms in total. The number of aryl methyl sites for hydroxylation is 1. The maximum Gasteiger partial charge on any atom is 0.326 e. The van der Waals surface area contributed by atoms with Crippen LogP contribution in [0.3, 0.4) is 0 Å². The molecule has 1 N–H and O–H groups in total. The zero-order valence-corrected chi connectivity index (χ0v) is 14.1. The molecule has 0 radical (unpaired) electrons. The highest BCUT2D eigenvalue weighted by Crippen LogP contribution is 2.40. The topological polar surface area (TPSA) is 64.1 Å². The van der Waals surface area contributed by atoms with Crippen LogP contribution in [0.25, 0.3) is 0 Å². The van der Waals surface area contributed by atoms with E-state index in [4.69, 9.17) is 4.74 Å². The van der Waals surface area contributed by atoms with Gasteiger partial charge in [-0.15, -0.1) is 0 Å². The van der Waals surface area contributed by atoms with Crippen LogP contribution in [0.5, 0.6) is 0 Å². The van der Waals surface area contributed by atoms with Crippen molar-refractivity contribution in [3.63, 3.8) is 0 Å². The van der Waals surface area contributed by atoms with Crippen LogP contribution < -0.4 is 5.32 Å². The number of aromatic nitrogens is 2. The number of carbonyl (C=O) groups excluding carboxylic acids is 1. The van der Waals surface area contributed by atoms with E-state index < -0.39 is 5.54 Å². The largest absolute Gasteiger partial charge is 0.468 e. The van der Waals surface area contributed by atoms with E-state index in [9.17, 15) is 4.79 Å². The van der Waals surface area contributed by atoms with Crippen LogP contribution in [0, 0.1) is 6.92 Å². The van der Waals surface area contributed by atoms with Crippen molar-refractivity contribution in [3.8, 4) is 0 Å². The lowest BCUT2D eigenvalue weighted by atomic mass is 9.81. The smallest absolute Gasteiger partial charge is 0.326 e. The molecule has 2 fully saturated rings. The fraction of sp³-hybridized carbons (Fsp3) is 0.786. The van der Waals surface area contributed by atoms with Crippen LogP contribution in [0.1, 0.15) is 44.3 Å². The molecule has 0 bridgehead atoms.